The molecule has 2 aromatic rings. The Morgan fingerprint density at radius 3 is 2.95 bits per heavy atom. The van der Waals surface area contributed by atoms with Crippen LogP contribution in [0.5, 0.6) is 0 Å². The third-order valence-corrected chi connectivity index (χ3v) is 3.78. The highest BCUT2D eigenvalue weighted by molar-refractivity contribution is 5.77. The number of benzene rings is 1. The monoisotopic (exact) mass is 262 g/mol. The molecule has 1 saturated heterocycles. The number of fused-ring (bicyclic) bond motifs is 1. The minimum absolute atomic E-state index is 0.233. The van der Waals surface area contributed by atoms with E-state index in [0.29, 0.717) is 5.92 Å². The van der Waals surface area contributed by atoms with E-state index in [-0.39, 0.29) is 5.82 Å². The molecule has 0 saturated carbocycles. The molecule has 0 bridgehead atoms. The van der Waals surface area contributed by atoms with E-state index >= 15 is 0 Å². The van der Waals surface area contributed by atoms with E-state index in [1.54, 1.807) is 6.07 Å². The van der Waals surface area contributed by atoms with Gasteiger partial charge in [0.1, 0.15) is 5.82 Å². The number of halogens is 1. The first kappa shape index (κ1) is 12.4. The first-order valence-corrected chi connectivity index (χ1v) is 6.79. The highest BCUT2D eigenvalue weighted by Crippen LogP contribution is 2.20. The molecule has 2 heterocycles. The summed E-state index contributed by atoms with van der Waals surface area (Å²) >= 11 is 0. The molecule has 0 aliphatic carbocycles. The molecular weight excluding hydrogens is 243 g/mol. The van der Waals surface area contributed by atoms with Crippen LogP contribution in [0, 0.1) is 11.7 Å². The number of nitrogens with zero attached hydrogens (tertiary/aromatic N) is 2. The SMILES string of the molecule is CN(CC1CCNCC1)c1nc2ccc(F)cc2[nH]1. The number of nitrogens with one attached hydrogen (secondary N) is 2. The van der Waals surface area contributed by atoms with Crippen molar-refractivity contribution in [2.24, 2.45) is 5.92 Å². The van der Waals surface area contributed by atoms with Crippen molar-refractivity contribution in [1.29, 1.82) is 0 Å². The number of imidazole rings is 1. The molecular formula is C14H19FN4. The Morgan fingerprint density at radius 2 is 2.16 bits per heavy atom. The first-order valence-electron chi connectivity index (χ1n) is 6.79. The van der Waals surface area contributed by atoms with E-state index < -0.39 is 0 Å². The van der Waals surface area contributed by atoms with Gasteiger partial charge in [-0.15, -0.1) is 0 Å². The van der Waals surface area contributed by atoms with E-state index in [9.17, 15) is 4.39 Å². The molecule has 102 valence electrons. The fourth-order valence-corrected chi connectivity index (χ4v) is 2.69. The van der Waals surface area contributed by atoms with Gasteiger partial charge in [0.2, 0.25) is 5.95 Å². The van der Waals surface area contributed by atoms with Crippen LogP contribution in [-0.2, 0) is 0 Å². The molecule has 0 atom stereocenters. The third kappa shape index (κ3) is 2.71. The maximum Gasteiger partial charge on any atom is 0.203 e. The van der Waals surface area contributed by atoms with Gasteiger partial charge in [-0.1, -0.05) is 0 Å². The van der Waals surface area contributed by atoms with Gasteiger partial charge in [0.25, 0.3) is 0 Å². The van der Waals surface area contributed by atoms with Gasteiger partial charge in [-0.3, -0.25) is 0 Å². The van der Waals surface area contributed by atoms with Crippen molar-refractivity contribution < 1.29 is 4.39 Å². The average molecular weight is 262 g/mol. The molecule has 19 heavy (non-hydrogen) atoms. The van der Waals surface area contributed by atoms with Gasteiger partial charge in [-0.05, 0) is 50.0 Å². The van der Waals surface area contributed by atoms with Gasteiger partial charge in [0.05, 0.1) is 11.0 Å². The van der Waals surface area contributed by atoms with E-state index in [1.807, 2.05) is 7.05 Å². The lowest BCUT2D eigenvalue weighted by atomic mass is 9.98. The number of aromatic nitrogens is 2. The molecule has 0 unspecified atom stereocenters. The van der Waals surface area contributed by atoms with Crippen LogP contribution in [0.25, 0.3) is 11.0 Å². The van der Waals surface area contributed by atoms with Gasteiger partial charge in [-0.25, -0.2) is 9.37 Å². The Kier molecular flexibility index (Phi) is 3.38. The summed E-state index contributed by atoms with van der Waals surface area (Å²) < 4.78 is 13.2. The van der Waals surface area contributed by atoms with Crippen LogP contribution >= 0.6 is 0 Å². The summed E-state index contributed by atoms with van der Waals surface area (Å²) in [7, 11) is 2.04. The summed E-state index contributed by atoms with van der Waals surface area (Å²) in [6, 6.07) is 4.65. The second-order valence-corrected chi connectivity index (χ2v) is 5.30. The summed E-state index contributed by atoms with van der Waals surface area (Å²) in [6.45, 7) is 3.19. The Bertz CT molecular complexity index is 560. The number of hydrogen-bond donors (Lipinski definition) is 2. The zero-order chi connectivity index (χ0) is 13.2. The largest absolute Gasteiger partial charge is 0.345 e. The van der Waals surface area contributed by atoms with Gasteiger partial charge in [-0.2, -0.15) is 0 Å². The molecule has 0 amide bonds. The Morgan fingerprint density at radius 1 is 1.37 bits per heavy atom. The number of aromatic amines is 1. The summed E-state index contributed by atoms with van der Waals surface area (Å²) in [5.74, 6) is 1.29. The zero-order valence-corrected chi connectivity index (χ0v) is 11.1. The number of piperidine rings is 1. The van der Waals surface area contributed by atoms with Crippen LogP contribution in [0.2, 0.25) is 0 Å². The van der Waals surface area contributed by atoms with Crippen LogP contribution in [0.4, 0.5) is 10.3 Å². The van der Waals surface area contributed by atoms with E-state index in [1.165, 1.54) is 25.0 Å². The fourth-order valence-electron chi connectivity index (χ4n) is 2.69. The van der Waals surface area contributed by atoms with Crippen molar-refractivity contribution in [3.8, 4) is 0 Å². The first-order chi connectivity index (χ1) is 9.22. The molecule has 1 aromatic carbocycles. The molecule has 1 aliphatic heterocycles. The van der Waals surface area contributed by atoms with Crippen LogP contribution in [0.15, 0.2) is 18.2 Å². The fraction of sp³-hybridized carbons (Fsp3) is 0.500. The third-order valence-electron chi connectivity index (χ3n) is 3.78. The van der Waals surface area contributed by atoms with Crippen molar-refractivity contribution >= 4 is 17.0 Å². The molecule has 5 heteroatoms. The van der Waals surface area contributed by atoms with Crippen molar-refractivity contribution in [3.05, 3.63) is 24.0 Å². The van der Waals surface area contributed by atoms with Crippen molar-refractivity contribution in [2.45, 2.75) is 12.8 Å². The molecule has 0 spiro atoms. The molecule has 1 fully saturated rings. The Hall–Kier alpha value is -1.62. The van der Waals surface area contributed by atoms with Crippen LogP contribution in [-0.4, -0.2) is 36.6 Å². The number of anilines is 1. The second kappa shape index (κ2) is 5.17. The molecule has 0 radical (unpaired) electrons. The highest BCUT2D eigenvalue weighted by Gasteiger charge is 2.17. The van der Waals surface area contributed by atoms with Crippen molar-refractivity contribution in [1.82, 2.24) is 15.3 Å². The lowest BCUT2D eigenvalue weighted by Gasteiger charge is -2.27. The van der Waals surface area contributed by atoms with Crippen LogP contribution in [0.3, 0.4) is 0 Å². The lowest BCUT2D eigenvalue weighted by molar-refractivity contribution is 0.377. The van der Waals surface area contributed by atoms with E-state index in [0.717, 1.165) is 36.6 Å². The number of hydrogen-bond acceptors (Lipinski definition) is 3. The maximum atomic E-state index is 13.2. The average Bonchev–Trinajstić information content (AvgIpc) is 2.83. The zero-order valence-electron chi connectivity index (χ0n) is 11.1. The molecule has 4 nitrogen and oxygen atoms in total. The predicted molar refractivity (Wildman–Crippen MR) is 74.9 cm³/mol. The Balaban J connectivity index is 1.75. The minimum atomic E-state index is -0.233. The number of rotatable bonds is 3. The molecule has 1 aromatic heterocycles. The van der Waals surface area contributed by atoms with Crippen LogP contribution < -0.4 is 10.2 Å². The van der Waals surface area contributed by atoms with Crippen molar-refractivity contribution in [3.63, 3.8) is 0 Å². The highest BCUT2D eigenvalue weighted by atomic mass is 19.1. The van der Waals surface area contributed by atoms with Gasteiger partial charge in [0.15, 0.2) is 0 Å². The summed E-state index contributed by atoms with van der Waals surface area (Å²) in [4.78, 5) is 9.83. The minimum Gasteiger partial charge on any atom is -0.345 e. The van der Waals surface area contributed by atoms with Gasteiger partial charge in [0, 0.05) is 13.6 Å². The summed E-state index contributed by atoms with van der Waals surface area (Å²) in [5, 5.41) is 3.37. The van der Waals surface area contributed by atoms with Crippen LogP contribution in [0.1, 0.15) is 12.8 Å². The summed E-state index contributed by atoms with van der Waals surface area (Å²) in [5.41, 5.74) is 1.57. The Labute approximate surface area is 112 Å². The standard InChI is InChI=1S/C14H19FN4/c1-19(9-10-4-6-16-7-5-10)14-17-12-3-2-11(15)8-13(12)18-14/h2-3,8,10,16H,4-7,9H2,1H3,(H,17,18). The van der Waals surface area contributed by atoms with Crippen molar-refractivity contribution in [2.75, 3.05) is 31.6 Å². The van der Waals surface area contributed by atoms with E-state index in [2.05, 4.69) is 20.2 Å². The molecule has 2 N–H and O–H groups in total. The quantitative estimate of drug-likeness (QED) is 0.890. The van der Waals surface area contributed by atoms with Gasteiger partial charge >= 0.3 is 0 Å². The van der Waals surface area contributed by atoms with E-state index in [4.69, 9.17) is 0 Å². The second-order valence-electron chi connectivity index (χ2n) is 5.30. The van der Waals surface area contributed by atoms with Gasteiger partial charge < -0.3 is 15.2 Å². The topological polar surface area (TPSA) is 44.0 Å². The predicted octanol–water partition coefficient (Wildman–Crippen LogP) is 2.14. The number of H-pyrrole nitrogens is 1. The summed E-state index contributed by atoms with van der Waals surface area (Å²) in [6.07, 6.45) is 2.42. The molecule has 1 aliphatic rings. The lowest BCUT2D eigenvalue weighted by Crippen LogP contribution is -2.34. The molecule has 3 rings (SSSR count). The maximum absolute atomic E-state index is 13.2. The normalized spacial score (nSPS) is 16.9. The smallest absolute Gasteiger partial charge is 0.203 e.